The lowest BCUT2D eigenvalue weighted by molar-refractivity contribution is -0.0237. The smallest absolute Gasteiger partial charge is 0.0456 e. The molecular formula is C40H72N4. The Kier molecular flexibility index (Phi) is 10.4. The minimum atomic E-state index is 0.120. The third kappa shape index (κ3) is 9.03. The number of nitrogens with zero attached hydrogens (tertiary/aromatic N) is 1. The first-order valence-corrected chi connectivity index (χ1v) is 18.2. The average Bonchev–Trinajstić information content (AvgIpc) is 3.23. The fourth-order valence-corrected chi connectivity index (χ4v) is 10.2. The molecule has 1 aromatic rings. The summed E-state index contributed by atoms with van der Waals surface area (Å²) in [7, 11) is 0. The van der Waals surface area contributed by atoms with Gasteiger partial charge in [-0.3, -0.25) is 4.90 Å². The van der Waals surface area contributed by atoms with Crippen molar-refractivity contribution in [2.75, 3.05) is 38.0 Å². The molecule has 2 fully saturated rings. The first-order chi connectivity index (χ1) is 20.1. The monoisotopic (exact) mass is 609 g/mol. The molecule has 4 unspecified atom stereocenters. The number of nitrogens with one attached hydrogen (secondary N) is 3. The molecule has 0 aliphatic carbocycles. The number of piperidine rings is 1. The Bertz CT molecular complexity index is 1100. The summed E-state index contributed by atoms with van der Waals surface area (Å²) in [6, 6.07) is 10.1. The zero-order chi connectivity index (χ0) is 32.8. The lowest BCUT2D eigenvalue weighted by Crippen LogP contribution is -2.59. The van der Waals surface area contributed by atoms with E-state index in [1.807, 2.05) is 0 Å². The highest BCUT2D eigenvalue weighted by molar-refractivity contribution is 5.59. The number of rotatable bonds is 9. The van der Waals surface area contributed by atoms with Crippen molar-refractivity contribution >= 4 is 5.69 Å². The van der Waals surface area contributed by atoms with Crippen LogP contribution in [0, 0.1) is 33.0 Å². The van der Waals surface area contributed by atoms with Gasteiger partial charge in [-0.15, -0.1) is 0 Å². The highest BCUT2D eigenvalue weighted by Crippen LogP contribution is 2.49. The van der Waals surface area contributed by atoms with Crippen molar-refractivity contribution in [1.82, 2.24) is 15.5 Å². The van der Waals surface area contributed by atoms with Crippen molar-refractivity contribution in [2.24, 2.45) is 33.0 Å². The van der Waals surface area contributed by atoms with Crippen LogP contribution in [-0.4, -0.2) is 55.2 Å². The molecule has 0 saturated carbocycles. The van der Waals surface area contributed by atoms with Crippen molar-refractivity contribution in [1.29, 1.82) is 0 Å². The van der Waals surface area contributed by atoms with E-state index < -0.39 is 0 Å². The predicted molar refractivity (Wildman–Crippen MR) is 193 cm³/mol. The fraction of sp³-hybridized carbons (Fsp3) is 0.850. The summed E-state index contributed by atoms with van der Waals surface area (Å²) >= 11 is 0. The van der Waals surface area contributed by atoms with E-state index in [0.717, 1.165) is 32.7 Å². The Labute approximate surface area is 273 Å². The van der Waals surface area contributed by atoms with Crippen LogP contribution in [0.25, 0.3) is 0 Å². The lowest BCUT2D eigenvalue weighted by atomic mass is 9.61. The highest BCUT2D eigenvalue weighted by Gasteiger charge is 2.46. The number of hydrogen-bond donors (Lipinski definition) is 3. The molecule has 0 bridgehead atoms. The molecule has 1 aromatic carbocycles. The fourth-order valence-electron chi connectivity index (χ4n) is 10.2. The van der Waals surface area contributed by atoms with Crippen molar-refractivity contribution in [3.8, 4) is 0 Å². The van der Waals surface area contributed by atoms with E-state index in [2.05, 4.69) is 135 Å². The number of para-hydroxylation sites is 1. The second kappa shape index (κ2) is 12.8. The van der Waals surface area contributed by atoms with Crippen molar-refractivity contribution in [3.05, 3.63) is 29.8 Å². The van der Waals surface area contributed by atoms with E-state index in [9.17, 15) is 0 Å². The van der Waals surface area contributed by atoms with E-state index in [1.54, 1.807) is 0 Å². The number of hydrogen-bond acceptors (Lipinski definition) is 4. The highest BCUT2D eigenvalue weighted by atomic mass is 15.2. The molecule has 4 nitrogen and oxygen atoms in total. The Morgan fingerprint density at radius 1 is 0.909 bits per heavy atom. The third-order valence-electron chi connectivity index (χ3n) is 11.9. The molecule has 0 amide bonds. The second-order valence-electron chi connectivity index (χ2n) is 20.0. The summed E-state index contributed by atoms with van der Waals surface area (Å²) in [6.45, 7) is 38.1. The van der Waals surface area contributed by atoms with Gasteiger partial charge in [-0.05, 0) is 97.1 Å². The first kappa shape index (κ1) is 35.7. The summed E-state index contributed by atoms with van der Waals surface area (Å²) < 4.78 is 0. The van der Waals surface area contributed by atoms with Gasteiger partial charge in [0.05, 0.1) is 0 Å². The summed E-state index contributed by atoms with van der Waals surface area (Å²) in [5.41, 5.74) is 4.50. The van der Waals surface area contributed by atoms with Gasteiger partial charge in [0.2, 0.25) is 0 Å². The number of benzene rings is 1. The largest absolute Gasteiger partial charge is 0.380 e. The van der Waals surface area contributed by atoms with Gasteiger partial charge in [-0.2, -0.15) is 0 Å². The minimum absolute atomic E-state index is 0.120. The van der Waals surface area contributed by atoms with Crippen LogP contribution in [0.2, 0.25) is 0 Å². The van der Waals surface area contributed by atoms with E-state index in [4.69, 9.17) is 0 Å². The van der Waals surface area contributed by atoms with E-state index >= 15 is 0 Å². The van der Waals surface area contributed by atoms with Crippen LogP contribution in [0.5, 0.6) is 0 Å². The van der Waals surface area contributed by atoms with Gasteiger partial charge < -0.3 is 16.0 Å². The molecule has 3 aliphatic heterocycles. The zero-order valence-corrected chi connectivity index (χ0v) is 31.3. The van der Waals surface area contributed by atoms with Gasteiger partial charge >= 0.3 is 0 Å². The molecule has 0 radical (unpaired) electrons. The lowest BCUT2D eigenvalue weighted by Gasteiger charge is -2.53. The molecule has 4 atom stereocenters. The summed E-state index contributed by atoms with van der Waals surface area (Å²) in [4.78, 5) is 2.91. The van der Waals surface area contributed by atoms with Gasteiger partial charge in [0.1, 0.15) is 0 Å². The van der Waals surface area contributed by atoms with E-state index in [0.29, 0.717) is 40.2 Å². The van der Waals surface area contributed by atoms with Crippen LogP contribution in [0.1, 0.15) is 140 Å². The van der Waals surface area contributed by atoms with E-state index in [-0.39, 0.29) is 16.4 Å². The van der Waals surface area contributed by atoms with Crippen LogP contribution < -0.4 is 16.0 Å². The Morgan fingerprint density at radius 2 is 1.59 bits per heavy atom. The minimum Gasteiger partial charge on any atom is -0.380 e. The SMILES string of the molecule is CCC(C)(C)CC(C)(C)CNCC1CC(C)(C)CC(C)(C)CN(CC2CC3c4ccccc4NC3CN2)C(C)(C)CC1(C)C. The van der Waals surface area contributed by atoms with Crippen molar-refractivity contribution in [3.63, 3.8) is 0 Å². The van der Waals surface area contributed by atoms with Crippen molar-refractivity contribution < 1.29 is 0 Å². The van der Waals surface area contributed by atoms with Gasteiger partial charge in [0.15, 0.2) is 0 Å². The molecule has 3 heterocycles. The van der Waals surface area contributed by atoms with Crippen LogP contribution >= 0.6 is 0 Å². The summed E-state index contributed by atoms with van der Waals surface area (Å²) in [6.07, 6.45) is 7.48. The Morgan fingerprint density at radius 3 is 2.27 bits per heavy atom. The molecule has 3 aliphatic rings. The van der Waals surface area contributed by atoms with Crippen LogP contribution in [0.15, 0.2) is 24.3 Å². The topological polar surface area (TPSA) is 39.3 Å². The maximum Gasteiger partial charge on any atom is 0.0456 e. The molecule has 4 rings (SSSR count). The zero-order valence-electron chi connectivity index (χ0n) is 31.3. The Hall–Kier alpha value is -1.10. The number of fused-ring (bicyclic) bond motifs is 3. The molecular weight excluding hydrogens is 536 g/mol. The number of anilines is 1. The molecule has 44 heavy (non-hydrogen) atoms. The van der Waals surface area contributed by atoms with Gasteiger partial charge in [0, 0.05) is 55.4 Å². The quantitative estimate of drug-likeness (QED) is 0.261. The molecule has 4 heteroatoms. The standard InChI is InChI=1S/C40H72N4/c1-14-35(2,3)24-37(6,7)27-41-21-29-20-36(4,5)25-38(8,9)28-44(40(12,13)26-39(29,10)11)23-30-19-32-31-17-15-16-18-33(31)43-34(32)22-42-30/h15-18,29-30,32,34,41-43H,14,19-28H2,1-13H3. The van der Waals surface area contributed by atoms with Gasteiger partial charge in [-0.1, -0.05) is 101 Å². The van der Waals surface area contributed by atoms with Gasteiger partial charge in [-0.25, -0.2) is 0 Å². The Balaban J connectivity index is 1.51. The van der Waals surface area contributed by atoms with Crippen LogP contribution in [-0.2, 0) is 0 Å². The second-order valence-corrected chi connectivity index (χ2v) is 20.0. The molecule has 3 N–H and O–H groups in total. The molecule has 0 aromatic heterocycles. The maximum absolute atomic E-state index is 4.04. The maximum atomic E-state index is 4.04. The summed E-state index contributed by atoms with van der Waals surface area (Å²) in [5, 5.41) is 11.8. The van der Waals surface area contributed by atoms with Crippen molar-refractivity contribution in [2.45, 2.75) is 152 Å². The van der Waals surface area contributed by atoms with Crippen LogP contribution in [0.4, 0.5) is 5.69 Å². The predicted octanol–water partition coefficient (Wildman–Crippen LogP) is 9.33. The third-order valence-corrected chi connectivity index (χ3v) is 11.9. The molecule has 2 saturated heterocycles. The molecule has 0 spiro atoms. The average molecular weight is 609 g/mol. The first-order valence-electron chi connectivity index (χ1n) is 18.2. The molecule has 252 valence electrons. The summed E-state index contributed by atoms with van der Waals surface area (Å²) in [5.74, 6) is 1.25. The van der Waals surface area contributed by atoms with Crippen LogP contribution in [0.3, 0.4) is 0 Å². The van der Waals surface area contributed by atoms with E-state index in [1.165, 1.54) is 49.8 Å². The van der Waals surface area contributed by atoms with Gasteiger partial charge in [0.25, 0.3) is 0 Å². The normalized spacial score (nSPS) is 30.2.